The van der Waals surface area contributed by atoms with E-state index in [0.717, 1.165) is 25.2 Å². The van der Waals surface area contributed by atoms with E-state index >= 15 is 0 Å². The molecule has 4 nitrogen and oxygen atoms in total. The fraction of sp³-hybridized carbons (Fsp3) is 0.474. The Morgan fingerprint density at radius 2 is 1.48 bits per heavy atom. The van der Waals surface area contributed by atoms with Crippen molar-refractivity contribution in [1.29, 1.82) is 0 Å². The molecule has 1 aliphatic heterocycles. The van der Waals surface area contributed by atoms with Crippen LogP contribution in [0.2, 0.25) is 0 Å². The minimum Gasteiger partial charge on any atom is -0.372 e. The highest BCUT2D eigenvalue weighted by atomic mass is 16.2. The van der Waals surface area contributed by atoms with Crippen LogP contribution in [-0.2, 0) is 9.59 Å². The largest absolute Gasteiger partial charge is 0.372 e. The normalized spacial score (nSPS) is 31.1. The molecule has 0 spiro atoms. The summed E-state index contributed by atoms with van der Waals surface area (Å²) in [6, 6.07) is 7.81. The molecule has 3 aliphatic rings. The van der Waals surface area contributed by atoms with Crippen LogP contribution in [0.15, 0.2) is 36.4 Å². The molecule has 0 radical (unpaired) electrons. The number of imide groups is 1. The van der Waals surface area contributed by atoms with Crippen molar-refractivity contribution in [3.63, 3.8) is 0 Å². The van der Waals surface area contributed by atoms with Gasteiger partial charge in [-0.3, -0.25) is 14.5 Å². The summed E-state index contributed by atoms with van der Waals surface area (Å²) in [5, 5.41) is 0. The molecule has 4 atom stereocenters. The number of rotatable bonds is 4. The van der Waals surface area contributed by atoms with E-state index in [1.807, 2.05) is 24.3 Å². The number of carbonyl (C=O) groups excluding carboxylic acids is 2. The summed E-state index contributed by atoms with van der Waals surface area (Å²) in [7, 11) is 0. The van der Waals surface area contributed by atoms with Crippen LogP contribution < -0.4 is 9.80 Å². The highest BCUT2D eigenvalue weighted by Gasteiger charge is 2.59. The molecule has 120 valence electrons. The Balaban J connectivity index is 1.62. The number of benzene rings is 1. The number of fused-ring (bicyclic) bond motifs is 5. The van der Waals surface area contributed by atoms with E-state index in [9.17, 15) is 9.59 Å². The van der Waals surface area contributed by atoms with Gasteiger partial charge in [-0.25, -0.2) is 0 Å². The molecule has 1 saturated heterocycles. The standard InChI is InChI=1S/C19H22N2O2/c1-3-20(4-2)14-7-9-15(10-8-14)21-18(22)16-12-5-6-13(11-12)17(16)19(21)23/h5-10,12-13,16-17H,3-4,11H2,1-2H3. The topological polar surface area (TPSA) is 40.6 Å². The van der Waals surface area contributed by atoms with Crippen molar-refractivity contribution in [2.45, 2.75) is 20.3 Å². The van der Waals surface area contributed by atoms with Crippen molar-refractivity contribution < 1.29 is 9.59 Å². The Hall–Kier alpha value is -2.10. The minimum atomic E-state index is -0.125. The molecule has 2 amide bonds. The quantitative estimate of drug-likeness (QED) is 0.634. The average molecular weight is 310 g/mol. The predicted molar refractivity (Wildman–Crippen MR) is 90.2 cm³/mol. The van der Waals surface area contributed by atoms with Crippen molar-refractivity contribution in [1.82, 2.24) is 0 Å². The number of amides is 2. The van der Waals surface area contributed by atoms with Crippen molar-refractivity contribution in [3.05, 3.63) is 36.4 Å². The second kappa shape index (κ2) is 5.22. The molecule has 2 aliphatic carbocycles. The smallest absolute Gasteiger partial charge is 0.238 e. The molecular weight excluding hydrogens is 288 g/mol. The van der Waals surface area contributed by atoms with Crippen LogP contribution in [-0.4, -0.2) is 24.9 Å². The van der Waals surface area contributed by atoms with Gasteiger partial charge in [0.25, 0.3) is 0 Å². The first-order valence-corrected chi connectivity index (χ1v) is 8.56. The van der Waals surface area contributed by atoms with Crippen LogP contribution in [0.3, 0.4) is 0 Å². The third kappa shape index (κ3) is 1.97. The van der Waals surface area contributed by atoms with E-state index in [0.29, 0.717) is 5.69 Å². The summed E-state index contributed by atoms with van der Waals surface area (Å²) in [4.78, 5) is 29.2. The molecule has 4 heteroatoms. The van der Waals surface area contributed by atoms with E-state index < -0.39 is 0 Å². The highest BCUT2D eigenvalue weighted by molar-refractivity contribution is 6.22. The zero-order chi connectivity index (χ0) is 16.1. The van der Waals surface area contributed by atoms with Gasteiger partial charge in [0, 0.05) is 18.8 Å². The lowest BCUT2D eigenvalue weighted by molar-refractivity contribution is -0.123. The predicted octanol–water partition coefficient (Wildman–Crippen LogP) is 2.84. The van der Waals surface area contributed by atoms with E-state index in [1.54, 1.807) is 0 Å². The summed E-state index contributed by atoms with van der Waals surface area (Å²) in [6.45, 7) is 6.12. The van der Waals surface area contributed by atoms with Gasteiger partial charge in [-0.05, 0) is 56.4 Å². The number of nitrogens with zero attached hydrogens (tertiary/aromatic N) is 2. The van der Waals surface area contributed by atoms with Crippen LogP contribution in [0, 0.1) is 23.7 Å². The van der Waals surface area contributed by atoms with Gasteiger partial charge in [0.1, 0.15) is 0 Å². The molecule has 2 fully saturated rings. The lowest BCUT2D eigenvalue weighted by Crippen LogP contribution is -2.32. The van der Waals surface area contributed by atoms with Gasteiger partial charge in [0.05, 0.1) is 17.5 Å². The molecular formula is C19H22N2O2. The fourth-order valence-corrected chi connectivity index (χ4v) is 4.56. The molecule has 2 bridgehead atoms. The maximum atomic E-state index is 12.8. The summed E-state index contributed by atoms with van der Waals surface area (Å²) >= 11 is 0. The summed E-state index contributed by atoms with van der Waals surface area (Å²) in [5.74, 6) is 0.266. The van der Waals surface area contributed by atoms with Crippen LogP contribution in [0.25, 0.3) is 0 Å². The van der Waals surface area contributed by atoms with Crippen molar-refractivity contribution >= 4 is 23.2 Å². The van der Waals surface area contributed by atoms with E-state index in [-0.39, 0.29) is 35.5 Å². The Bertz CT molecular complexity index is 645. The van der Waals surface area contributed by atoms with E-state index in [2.05, 4.69) is 30.9 Å². The number of hydrogen-bond donors (Lipinski definition) is 0. The molecule has 1 aromatic rings. The third-order valence-corrected chi connectivity index (χ3v) is 5.71. The van der Waals surface area contributed by atoms with Gasteiger partial charge in [-0.2, -0.15) is 0 Å². The van der Waals surface area contributed by atoms with Crippen molar-refractivity contribution in [2.24, 2.45) is 23.7 Å². The second-order valence-corrected chi connectivity index (χ2v) is 6.70. The Morgan fingerprint density at radius 1 is 0.957 bits per heavy atom. The van der Waals surface area contributed by atoms with Gasteiger partial charge in [0.2, 0.25) is 11.8 Å². The first-order chi connectivity index (χ1) is 11.2. The van der Waals surface area contributed by atoms with Crippen LogP contribution in [0.1, 0.15) is 20.3 Å². The highest BCUT2D eigenvalue weighted by Crippen LogP contribution is 2.53. The molecule has 1 aromatic carbocycles. The SMILES string of the molecule is CCN(CC)c1ccc(N2C(=O)C3C4C=CC(C4)C3C2=O)cc1. The van der Waals surface area contributed by atoms with Crippen LogP contribution >= 0.6 is 0 Å². The van der Waals surface area contributed by atoms with Gasteiger partial charge in [0.15, 0.2) is 0 Å². The Morgan fingerprint density at radius 3 is 1.96 bits per heavy atom. The maximum absolute atomic E-state index is 12.8. The van der Waals surface area contributed by atoms with E-state index in [4.69, 9.17) is 0 Å². The van der Waals surface area contributed by atoms with Gasteiger partial charge in [-0.1, -0.05) is 12.2 Å². The number of allylic oxidation sites excluding steroid dienone is 2. The van der Waals surface area contributed by atoms with Crippen LogP contribution in [0.5, 0.6) is 0 Å². The lowest BCUT2D eigenvalue weighted by Gasteiger charge is -2.22. The summed E-state index contributed by atoms with van der Waals surface area (Å²) in [5.41, 5.74) is 1.84. The molecule has 0 aromatic heterocycles. The van der Waals surface area contributed by atoms with E-state index in [1.165, 1.54) is 4.90 Å². The monoisotopic (exact) mass is 310 g/mol. The van der Waals surface area contributed by atoms with Crippen molar-refractivity contribution in [3.8, 4) is 0 Å². The summed E-state index contributed by atoms with van der Waals surface area (Å²) < 4.78 is 0. The summed E-state index contributed by atoms with van der Waals surface area (Å²) in [6.07, 6.45) is 5.23. The molecule has 0 N–H and O–H groups in total. The molecule has 4 rings (SSSR count). The van der Waals surface area contributed by atoms with Crippen molar-refractivity contribution in [2.75, 3.05) is 22.9 Å². The van der Waals surface area contributed by atoms with Gasteiger partial charge < -0.3 is 4.90 Å². The Kier molecular flexibility index (Phi) is 3.29. The lowest BCUT2D eigenvalue weighted by atomic mass is 9.85. The van der Waals surface area contributed by atoms with Gasteiger partial charge >= 0.3 is 0 Å². The zero-order valence-corrected chi connectivity index (χ0v) is 13.6. The molecule has 1 heterocycles. The maximum Gasteiger partial charge on any atom is 0.238 e. The number of carbonyl (C=O) groups is 2. The zero-order valence-electron chi connectivity index (χ0n) is 13.6. The first kappa shape index (κ1) is 14.5. The molecule has 23 heavy (non-hydrogen) atoms. The second-order valence-electron chi connectivity index (χ2n) is 6.70. The Labute approximate surface area is 136 Å². The third-order valence-electron chi connectivity index (χ3n) is 5.71. The average Bonchev–Trinajstić information content (AvgIpc) is 3.24. The van der Waals surface area contributed by atoms with Gasteiger partial charge in [-0.15, -0.1) is 0 Å². The molecule has 4 unspecified atom stereocenters. The minimum absolute atomic E-state index is 0.00700. The number of anilines is 2. The van der Waals surface area contributed by atoms with Crippen LogP contribution in [0.4, 0.5) is 11.4 Å². The number of hydrogen-bond acceptors (Lipinski definition) is 3. The first-order valence-electron chi connectivity index (χ1n) is 8.56. The fourth-order valence-electron chi connectivity index (χ4n) is 4.56. The molecule has 1 saturated carbocycles.